The Balaban J connectivity index is 1.59. The SMILES string of the molecule is COC(=O)OCC1COP(=O)(c2ccc(-c3nc4c(C)c(Cl)ccc4n3CC(C)C)o2)OC1. The molecular formula is C22H26ClN2O7P. The highest BCUT2D eigenvalue weighted by molar-refractivity contribution is 7.61. The molecule has 0 N–H and O–H groups in total. The topological polar surface area (TPSA) is 102 Å². The normalized spacial score (nSPS) is 21.0. The quantitative estimate of drug-likeness (QED) is 0.340. The van der Waals surface area contributed by atoms with Crippen LogP contribution in [-0.2, 0) is 29.6 Å². The van der Waals surface area contributed by atoms with E-state index in [0.717, 1.165) is 23.1 Å². The number of rotatable bonds is 6. The number of carbonyl (C=O) groups excluding carboxylic acids is 1. The van der Waals surface area contributed by atoms with Gasteiger partial charge in [-0.3, -0.25) is 4.57 Å². The summed E-state index contributed by atoms with van der Waals surface area (Å²) in [5, 5.41) is 0.641. The van der Waals surface area contributed by atoms with Crippen LogP contribution in [0.1, 0.15) is 19.4 Å². The van der Waals surface area contributed by atoms with E-state index >= 15 is 0 Å². The lowest BCUT2D eigenvalue weighted by Crippen LogP contribution is -2.29. The average Bonchev–Trinajstić information content (AvgIpc) is 3.41. The smallest absolute Gasteiger partial charge is 0.445 e. The first kappa shape index (κ1) is 23.8. The number of halogens is 1. The van der Waals surface area contributed by atoms with E-state index in [-0.39, 0.29) is 31.2 Å². The molecule has 3 aromatic rings. The number of nitrogens with zero attached hydrogens (tertiary/aromatic N) is 2. The van der Waals surface area contributed by atoms with E-state index in [9.17, 15) is 9.36 Å². The van der Waals surface area contributed by atoms with Crippen LogP contribution in [0.25, 0.3) is 22.6 Å². The third kappa shape index (κ3) is 4.82. The zero-order valence-electron chi connectivity index (χ0n) is 18.9. The molecule has 4 rings (SSSR count). The van der Waals surface area contributed by atoms with Gasteiger partial charge in [0.2, 0.25) is 5.50 Å². The van der Waals surface area contributed by atoms with Crippen molar-refractivity contribution in [2.24, 2.45) is 11.8 Å². The maximum Gasteiger partial charge on any atom is 0.507 e. The van der Waals surface area contributed by atoms with Gasteiger partial charge >= 0.3 is 13.8 Å². The van der Waals surface area contributed by atoms with Crippen LogP contribution in [-0.4, -0.2) is 42.6 Å². The van der Waals surface area contributed by atoms with Crippen molar-refractivity contribution >= 4 is 41.9 Å². The summed E-state index contributed by atoms with van der Waals surface area (Å²) in [7, 11) is -2.42. The lowest BCUT2D eigenvalue weighted by atomic mass is 10.2. The number of methoxy groups -OCH3 is 1. The molecule has 0 atom stereocenters. The Morgan fingerprint density at radius 2 is 2.00 bits per heavy atom. The second-order valence-electron chi connectivity index (χ2n) is 8.34. The highest BCUT2D eigenvalue weighted by Gasteiger charge is 2.38. The van der Waals surface area contributed by atoms with Crippen LogP contribution in [0.5, 0.6) is 0 Å². The maximum atomic E-state index is 13.2. The average molecular weight is 497 g/mol. The monoisotopic (exact) mass is 496 g/mol. The minimum Gasteiger partial charge on any atom is -0.445 e. The van der Waals surface area contributed by atoms with Gasteiger partial charge in [-0.1, -0.05) is 25.4 Å². The maximum absolute atomic E-state index is 13.2. The summed E-state index contributed by atoms with van der Waals surface area (Å²) in [6, 6.07) is 7.10. The van der Waals surface area contributed by atoms with Gasteiger partial charge in [0, 0.05) is 17.5 Å². The molecule has 0 spiro atoms. The van der Waals surface area contributed by atoms with Crippen LogP contribution in [0.4, 0.5) is 4.79 Å². The van der Waals surface area contributed by atoms with Gasteiger partial charge in [0.15, 0.2) is 11.6 Å². The molecule has 1 aromatic carbocycles. The summed E-state index contributed by atoms with van der Waals surface area (Å²) in [6.45, 7) is 7.10. The molecule has 1 aliphatic rings. The molecule has 3 heterocycles. The third-order valence-electron chi connectivity index (χ3n) is 5.30. The van der Waals surface area contributed by atoms with E-state index in [1.165, 1.54) is 7.11 Å². The standard InChI is InChI=1S/C22H26ClN2O7P/c1-13(2)9-25-17-6-5-16(23)14(3)20(17)24-21(25)18-7-8-19(32-18)33(27)30-11-15(12-31-33)10-29-22(26)28-4/h5-8,13,15H,9-12H2,1-4H3. The number of carbonyl (C=O) groups is 1. The second-order valence-corrected chi connectivity index (χ2v) is 10.7. The number of hydrogen-bond acceptors (Lipinski definition) is 8. The Hall–Kier alpha value is -2.32. The molecule has 11 heteroatoms. The number of aryl methyl sites for hydroxylation is 1. The van der Waals surface area contributed by atoms with Crippen LogP contribution in [0.3, 0.4) is 0 Å². The number of benzene rings is 1. The van der Waals surface area contributed by atoms with E-state index in [0.29, 0.717) is 22.5 Å². The van der Waals surface area contributed by atoms with Crippen molar-refractivity contribution in [3.63, 3.8) is 0 Å². The van der Waals surface area contributed by atoms with Gasteiger partial charge in [-0.2, -0.15) is 0 Å². The van der Waals surface area contributed by atoms with Crippen LogP contribution < -0.4 is 5.50 Å². The second kappa shape index (κ2) is 9.50. The largest absolute Gasteiger partial charge is 0.507 e. The lowest BCUT2D eigenvalue weighted by Gasteiger charge is -2.27. The summed E-state index contributed by atoms with van der Waals surface area (Å²) in [5.41, 5.74) is 2.73. The van der Waals surface area contributed by atoms with E-state index in [1.54, 1.807) is 12.1 Å². The number of ether oxygens (including phenoxy) is 2. The highest BCUT2D eigenvalue weighted by Crippen LogP contribution is 2.51. The van der Waals surface area contributed by atoms with Gasteiger partial charge in [0.25, 0.3) is 0 Å². The molecule has 0 amide bonds. The molecule has 0 bridgehead atoms. The molecule has 0 unspecified atom stereocenters. The number of aromatic nitrogens is 2. The molecule has 0 radical (unpaired) electrons. The molecule has 2 aromatic heterocycles. The van der Waals surface area contributed by atoms with E-state index < -0.39 is 13.8 Å². The fraction of sp³-hybridized carbons (Fsp3) is 0.455. The van der Waals surface area contributed by atoms with Gasteiger partial charge in [-0.15, -0.1) is 0 Å². The van der Waals surface area contributed by atoms with E-state index in [4.69, 9.17) is 34.8 Å². The summed E-state index contributed by atoms with van der Waals surface area (Å²) in [4.78, 5) is 15.9. The van der Waals surface area contributed by atoms with Crippen molar-refractivity contribution in [3.8, 4) is 11.6 Å². The van der Waals surface area contributed by atoms with E-state index in [1.807, 2.05) is 19.1 Å². The molecule has 33 heavy (non-hydrogen) atoms. The Morgan fingerprint density at radius 3 is 2.67 bits per heavy atom. The predicted octanol–water partition coefficient (Wildman–Crippen LogP) is 5.18. The molecule has 1 fully saturated rings. The van der Waals surface area contributed by atoms with Crippen molar-refractivity contribution in [1.29, 1.82) is 0 Å². The summed E-state index contributed by atoms with van der Waals surface area (Å²) < 4.78 is 41.7. The van der Waals surface area contributed by atoms with E-state index in [2.05, 4.69) is 23.2 Å². The van der Waals surface area contributed by atoms with Crippen molar-refractivity contribution in [2.75, 3.05) is 26.9 Å². The Kier molecular flexibility index (Phi) is 6.86. The molecule has 178 valence electrons. The summed E-state index contributed by atoms with van der Waals surface area (Å²) in [6.07, 6.45) is -0.791. The first-order chi connectivity index (χ1) is 15.7. The molecule has 0 aliphatic carbocycles. The van der Waals surface area contributed by atoms with Crippen LogP contribution in [0.15, 0.2) is 28.7 Å². The first-order valence-electron chi connectivity index (χ1n) is 10.6. The van der Waals surface area contributed by atoms with Crippen molar-refractivity contribution in [2.45, 2.75) is 27.3 Å². The van der Waals surface area contributed by atoms with Gasteiger partial charge < -0.3 is 27.5 Å². The molecular weight excluding hydrogens is 471 g/mol. The van der Waals surface area contributed by atoms with Gasteiger partial charge in [-0.25, -0.2) is 9.78 Å². The van der Waals surface area contributed by atoms with Gasteiger partial charge in [0.1, 0.15) is 6.61 Å². The minimum absolute atomic E-state index is 0.0389. The number of fused-ring (bicyclic) bond motifs is 1. The zero-order chi connectivity index (χ0) is 23.8. The van der Waals surface area contributed by atoms with Crippen LogP contribution in [0, 0.1) is 18.8 Å². The molecule has 0 saturated carbocycles. The van der Waals surface area contributed by atoms with Crippen LogP contribution in [0.2, 0.25) is 5.02 Å². The Bertz CT molecular complexity index is 1210. The predicted molar refractivity (Wildman–Crippen MR) is 123 cm³/mol. The molecule has 9 nitrogen and oxygen atoms in total. The van der Waals surface area contributed by atoms with Crippen molar-refractivity contribution < 1.29 is 32.3 Å². The lowest BCUT2D eigenvalue weighted by molar-refractivity contribution is 0.0232. The molecule has 1 aliphatic heterocycles. The summed E-state index contributed by atoms with van der Waals surface area (Å²) in [5.74, 6) is 1.17. The minimum atomic E-state index is -3.65. The third-order valence-corrected chi connectivity index (χ3v) is 7.47. The molecule has 1 saturated heterocycles. The number of imidazole rings is 1. The fourth-order valence-corrected chi connectivity index (χ4v) is 5.36. The zero-order valence-corrected chi connectivity index (χ0v) is 20.5. The number of furan rings is 1. The highest BCUT2D eigenvalue weighted by atomic mass is 35.5. The van der Waals surface area contributed by atoms with Crippen molar-refractivity contribution in [1.82, 2.24) is 9.55 Å². The fourth-order valence-electron chi connectivity index (χ4n) is 3.59. The van der Waals surface area contributed by atoms with Crippen molar-refractivity contribution in [3.05, 3.63) is 34.9 Å². The number of hydrogen-bond donors (Lipinski definition) is 0. The van der Waals surface area contributed by atoms with Gasteiger partial charge in [-0.05, 0) is 42.7 Å². The van der Waals surface area contributed by atoms with Gasteiger partial charge in [0.05, 0.1) is 31.4 Å². The Labute approximate surface area is 196 Å². The van der Waals surface area contributed by atoms with Crippen LogP contribution >= 0.6 is 19.2 Å². The summed E-state index contributed by atoms with van der Waals surface area (Å²) >= 11 is 6.31. The Morgan fingerprint density at radius 1 is 1.27 bits per heavy atom. The first-order valence-corrected chi connectivity index (χ1v) is 12.5.